The molecule has 1 aliphatic rings. The second kappa shape index (κ2) is 6.64. The molecule has 0 spiro atoms. The van der Waals surface area contributed by atoms with Gasteiger partial charge in [0.15, 0.2) is 0 Å². The van der Waals surface area contributed by atoms with Crippen molar-refractivity contribution >= 4 is 33.8 Å². The first kappa shape index (κ1) is 16.1. The molecule has 1 heterocycles. The van der Waals surface area contributed by atoms with Crippen molar-refractivity contribution in [1.82, 2.24) is 4.31 Å². The highest BCUT2D eigenvalue weighted by molar-refractivity contribution is 7.99. The van der Waals surface area contributed by atoms with Gasteiger partial charge in [0, 0.05) is 24.9 Å². The third-order valence-electron chi connectivity index (χ3n) is 3.40. The molecule has 2 rings (SSSR count). The van der Waals surface area contributed by atoms with Gasteiger partial charge in [-0.05, 0) is 35.9 Å². The molecule has 1 aromatic carbocycles. The molecule has 5 nitrogen and oxygen atoms in total. The minimum absolute atomic E-state index is 0.0478. The fraction of sp³-hybridized carbons (Fsp3) is 0.357. The number of carboxylic acid groups (broad SMARTS) is 1. The topological polar surface area (TPSA) is 74.7 Å². The molecule has 1 unspecified atom stereocenters. The minimum atomic E-state index is -3.49. The van der Waals surface area contributed by atoms with E-state index in [9.17, 15) is 13.2 Å². The zero-order chi connectivity index (χ0) is 15.5. The highest BCUT2D eigenvalue weighted by atomic mass is 32.2. The highest BCUT2D eigenvalue weighted by Gasteiger charge is 2.30. The molecule has 1 aliphatic heterocycles. The van der Waals surface area contributed by atoms with Gasteiger partial charge in [0.2, 0.25) is 10.0 Å². The van der Waals surface area contributed by atoms with E-state index in [-0.39, 0.29) is 10.9 Å². The fourth-order valence-corrected chi connectivity index (χ4v) is 4.84. The lowest BCUT2D eigenvalue weighted by atomic mass is 10.2. The first-order valence-electron chi connectivity index (χ1n) is 6.48. The quantitative estimate of drug-likeness (QED) is 0.836. The average molecular weight is 327 g/mol. The Bertz CT molecular complexity index is 631. The zero-order valence-electron chi connectivity index (χ0n) is 11.6. The second-order valence-corrected chi connectivity index (χ2v) is 7.93. The molecule has 1 fully saturated rings. The van der Waals surface area contributed by atoms with Gasteiger partial charge in [-0.15, -0.1) is 0 Å². The molecule has 7 heteroatoms. The monoisotopic (exact) mass is 327 g/mol. The second-order valence-electron chi connectivity index (χ2n) is 4.78. The van der Waals surface area contributed by atoms with Crippen LogP contribution in [0.2, 0.25) is 0 Å². The molecule has 0 amide bonds. The molecule has 0 radical (unpaired) electrons. The highest BCUT2D eigenvalue weighted by Crippen LogP contribution is 2.26. The Morgan fingerprint density at radius 1 is 1.38 bits per heavy atom. The van der Waals surface area contributed by atoms with E-state index in [1.807, 2.05) is 0 Å². The van der Waals surface area contributed by atoms with Crippen LogP contribution in [0.5, 0.6) is 0 Å². The summed E-state index contributed by atoms with van der Waals surface area (Å²) in [7, 11) is -1.88. The van der Waals surface area contributed by atoms with Crippen LogP contribution in [-0.2, 0) is 14.8 Å². The number of thioether (sulfide) groups is 1. The molecule has 0 saturated carbocycles. The summed E-state index contributed by atoms with van der Waals surface area (Å²) in [5.41, 5.74) is 0.649. The Morgan fingerprint density at radius 3 is 2.57 bits per heavy atom. The van der Waals surface area contributed by atoms with E-state index in [1.165, 1.54) is 22.5 Å². The number of aliphatic carboxylic acids is 1. The molecular weight excluding hydrogens is 310 g/mol. The van der Waals surface area contributed by atoms with Gasteiger partial charge in [-0.25, -0.2) is 13.2 Å². The first-order chi connectivity index (χ1) is 9.91. The maximum atomic E-state index is 12.5. The molecule has 21 heavy (non-hydrogen) atoms. The van der Waals surface area contributed by atoms with Gasteiger partial charge in [-0.1, -0.05) is 12.1 Å². The summed E-state index contributed by atoms with van der Waals surface area (Å²) in [6.07, 6.45) is 3.32. The van der Waals surface area contributed by atoms with E-state index in [0.717, 1.165) is 24.0 Å². The molecule has 1 aromatic rings. The van der Waals surface area contributed by atoms with Crippen molar-refractivity contribution in [1.29, 1.82) is 0 Å². The van der Waals surface area contributed by atoms with Crippen molar-refractivity contribution in [2.45, 2.75) is 17.4 Å². The van der Waals surface area contributed by atoms with Crippen LogP contribution in [0, 0.1) is 0 Å². The number of nitrogens with zero attached hydrogens (tertiary/aromatic N) is 1. The lowest BCUT2D eigenvalue weighted by Gasteiger charge is -2.23. The smallest absolute Gasteiger partial charge is 0.328 e. The largest absolute Gasteiger partial charge is 0.478 e. The Kier molecular flexibility index (Phi) is 5.08. The van der Waals surface area contributed by atoms with Crippen molar-refractivity contribution in [3.05, 3.63) is 35.9 Å². The summed E-state index contributed by atoms with van der Waals surface area (Å²) < 4.78 is 26.4. The van der Waals surface area contributed by atoms with Crippen molar-refractivity contribution < 1.29 is 18.3 Å². The zero-order valence-corrected chi connectivity index (χ0v) is 13.2. The normalized spacial score (nSPS) is 19.4. The molecule has 1 N–H and O–H groups in total. The van der Waals surface area contributed by atoms with Crippen molar-refractivity contribution in [2.24, 2.45) is 0 Å². The predicted octanol–water partition coefficient (Wildman–Crippen LogP) is 1.91. The summed E-state index contributed by atoms with van der Waals surface area (Å²) in [5.74, 6) is 0.781. The average Bonchev–Trinajstić information content (AvgIpc) is 2.98. The number of rotatable bonds is 5. The molecule has 1 saturated heterocycles. The third-order valence-corrected chi connectivity index (χ3v) is 6.46. The van der Waals surface area contributed by atoms with Crippen LogP contribution >= 0.6 is 11.8 Å². The van der Waals surface area contributed by atoms with Crippen molar-refractivity contribution in [3.63, 3.8) is 0 Å². The van der Waals surface area contributed by atoms with Crippen molar-refractivity contribution in [2.75, 3.05) is 18.6 Å². The predicted molar refractivity (Wildman–Crippen MR) is 83.8 cm³/mol. The third kappa shape index (κ3) is 3.87. The number of hydrogen-bond acceptors (Lipinski definition) is 4. The molecule has 1 atom stereocenters. The lowest BCUT2D eigenvalue weighted by molar-refractivity contribution is -0.131. The van der Waals surface area contributed by atoms with Gasteiger partial charge < -0.3 is 5.11 Å². The first-order valence-corrected chi connectivity index (χ1v) is 9.07. The number of carboxylic acids is 1. The minimum Gasteiger partial charge on any atom is -0.478 e. The van der Waals surface area contributed by atoms with Gasteiger partial charge in [0.05, 0.1) is 4.90 Å². The Labute approximate surface area is 128 Å². The van der Waals surface area contributed by atoms with Crippen LogP contribution in [0.15, 0.2) is 35.2 Å². The number of hydrogen-bond donors (Lipinski definition) is 1. The summed E-state index contributed by atoms with van der Waals surface area (Å²) in [4.78, 5) is 10.7. The molecule has 0 aromatic heterocycles. The lowest BCUT2D eigenvalue weighted by Crippen LogP contribution is -2.36. The van der Waals surface area contributed by atoms with Gasteiger partial charge in [-0.2, -0.15) is 16.1 Å². The molecule has 114 valence electrons. The van der Waals surface area contributed by atoms with Crippen LogP contribution in [0.4, 0.5) is 0 Å². The number of sulfonamides is 1. The Balaban J connectivity index is 2.18. The van der Waals surface area contributed by atoms with Crippen LogP contribution < -0.4 is 0 Å². The number of benzene rings is 1. The SMILES string of the molecule is CN(C1CCSC1)S(=O)(=O)c1ccc(/C=C/C(=O)O)cc1. The summed E-state index contributed by atoms with van der Waals surface area (Å²) in [5, 5.41) is 8.56. The molecule has 0 bridgehead atoms. The van der Waals surface area contributed by atoms with Crippen LogP contribution in [0.1, 0.15) is 12.0 Å². The van der Waals surface area contributed by atoms with E-state index < -0.39 is 16.0 Å². The van der Waals surface area contributed by atoms with Crippen LogP contribution in [-0.4, -0.2) is 48.4 Å². The maximum Gasteiger partial charge on any atom is 0.328 e. The van der Waals surface area contributed by atoms with Gasteiger partial charge >= 0.3 is 5.97 Å². The van der Waals surface area contributed by atoms with E-state index in [0.29, 0.717) is 5.56 Å². The fourth-order valence-electron chi connectivity index (χ4n) is 2.09. The van der Waals surface area contributed by atoms with E-state index in [2.05, 4.69) is 0 Å². The Morgan fingerprint density at radius 2 is 2.05 bits per heavy atom. The summed E-state index contributed by atoms with van der Waals surface area (Å²) in [6, 6.07) is 6.27. The van der Waals surface area contributed by atoms with Crippen LogP contribution in [0.3, 0.4) is 0 Å². The van der Waals surface area contributed by atoms with Crippen LogP contribution in [0.25, 0.3) is 6.08 Å². The Hall–Kier alpha value is -1.31. The summed E-state index contributed by atoms with van der Waals surface area (Å²) >= 11 is 1.76. The number of carbonyl (C=O) groups is 1. The maximum absolute atomic E-state index is 12.5. The van der Waals surface area contributed by atoms with Gasteiger partial charge in [0.1, 0.15) is 0 Å². The summed E-state index contributed by atoms with van der Waals surface area (Å²) in [6.45, 7) is 0. The standard InChI is InChI=1S/C14H17NO4S2/c1-15(12-8-9-20-10-12)21(18,19)13-5-2-11(3-6-13)4-7-14(16)17/h2-7,12H,8-10H2,1H3,(H,16,17)/b7-4+. The van der Waals surface area contributed by atoms with Crippen molar-refractivity contribution in [3.8, 4) is 0 Å². The van der Waals surface area contributed by atoms with E-state index >= 15 is 0 Å². The van der Waals surface area contributed by atoms with E-state index in [1.54, 1.807) is 30.9 Å². The van der Waals surface area contributed by atoms with E-state index in [4.69, 9.17) is 5.11 Å². The molecular formula is C14H17NO4S2. The van der Waals surface area contributed by atoms with Gasteiger partial charge in [-0.3, -0.25) is 0 Å². The molecule has 0 aliphatic carbocycles. The van der Waals surface area contributed by atoms with Gasteiger partial charge in [0.25, 0.3) is 0 Å².